The van der Waals surface area contributed by atoms with Gasteiger partial charge in [0.1, 0.15) is 5.60 Å². The number of aliphatic carboxylic acids is 1. The van der Waals surface area contributed by atoms with Gasteiger partial charge in [0.05, 0.1) is 5.41 Å². The summed E-state index contributed by atoms with van der Waals surface area (Å²) in [5, 5.41) is 9.69. The normalized spacial score (nSPS) is 45.2. The Bertz CT molecular complexity index is 511. The molecule has 0 aliphatic heterocycles. The van der Waals surface area contributed by atoms with Gasteiger partial charge in [0, 0.05) is 12.0 Å². The SMILES string of the molecule is C=C(C)C(=O)OC12CC3CC(C)(C1)CC(C(=O)O)(C3)C2. The molecule has 0 heterocycles. The van der Waals surface area contributed by atoms with Gasteiger partial charge in [-0.3, -0.25) is 4.79 Å². The molecular weight excluding hydrogens is 256 g/mol. The van der Waals surface area contributed by atoms with Gasteiger partial charge in [-0.05, 0) is 50.4 Å². The van der Waals surface area contributed by atoms with Crippen LogP contribution in [0.4, 0.5) is 0 Å². The summed E-state index contributed by atoms with van der Waals surface area (Å²) in [6, 6.07) is 0. The first kappa shape index (κ1) is 13.7. The molecule has 0 radical (unpaired) electrons. The molecular formula is C16H22O4. The van der Waals surface area contributed by atoms with Crippen molar-refractivity contribution in [2.75, 3.05) is 0 Å². The van der Waals surface area contributed by atoms with Crippen molar-refractivity contribution >= 4 is 11.9 Å². The van der Waals surface area contributed by atoms with E-state index in [1.807, 2.05) is 0 Å². The van der Waals surface area contributed by atoms with Gasteiger partial charge in [0.25, 0.3) is 0 Å². The van der Waals surface area contributed by atoms with E-state index in [4.69, 9.17) is 4.74 Å². The van der Waals surface area contributed by atoms with Crippen LogP contribution in [-0.4, -0.2) is 22.6 Å². The summed E-state index contributed by atoms with van der Waals surface area (Å²) in [5.74, 6) is -0.732. The third kappa shape index (κ3) is 1.88. The lowest BCUT2D eigenvalue weighted by atomic mass is 9.43. The number of hydrogen-bond donors (Lipinski definition) is 1. The highest BCUT2D eigenvalue weighted by molar-refractivity contribution is 5.87. The maximum absolute atomic E-state index is 11.9. The first-order chi connectivity index (χ1) is 9.18. The lowest BCUT2D eigenvalue weighted by Crippen LogP contribution is -2.62. The lowest BCUT2D eigenvalue weighted by molar-refractivity contribution is -0.223. The monoisotopic (exact) mass is 278 g/mol. The molecule has 4 fully saturated rings. The number of carboxylic acid groups (broad SMARTS) is 1. The van der Waals surface area contributed by atoms with E-state index in [0.29, 0.717) is 17.9 Å². The molecule has 0 amide bonds. The van der Waals surface area contributed by atoms with Gasteiger partial charge in [-0.15, -0.1) is 0 Å². The van der Waals surface area contributed by atoms with E-state index < -0.39 is 17.0 Å². The van der Waals surface area contributed by atoms with E-state index in [9.17, 15) is 14.7 Å². The molecule has 4 aliphatic rings. The van der Waals surface area contributed by atoms with Crippen LogP contribution in [-0.2, 0) is 14.3 Å². The Morgan fingerprint density at radius 2 is 1.90 bits per heavy atom. The summed E-state index contributed by atoms with van der Waals surface area (Å²) in [7, 11) is 0. The van der Waals surface area contributed by atoms with Crippen LogP contribution in [0, 0.1) is 16.7 Å². The second-order valence-corrected chi connectivity index (χ2v) is 7.76. The van der Waals surface area contributed by atoms with Crippen LogP contribution in [0.1, 0.15) is 52.4 Å². The number of carbonyl (C=O) groups excluding carboxylic acids is 1. The maximum atomic E-state index is 11.9. The molecule has 4 bridgehead atoms. The fourth-order valence-corrected chi connectivity index (χ4v) is 5.46. The fraction of sp³-hybridized carbons (Fsp3) is 0.750. The fourth-order valence-electron chi connectivity index (χ4n) is 5.46. The molecule has 0 aromatic rings. The van der Waals surface area contributed by atoms with Crippen molar-refractivity contribution in [2.45, 2.75) is 58.0 Å². The van der Waals surface area contributed by atoms with Gasteiger partial charge >= 0.3 is 11.9 Å². The third-order valence-corrected chi connectivity index (χ3v) is 5.41. The highest BCUT2D eigenvalue weighted by atomic mass is 16.6. The smallest absolute Gasteiger partial charge is 0.333 e. The summed E-state index contributed by atoms with van der Waals surface area (Å²) in [6.45, 7) is 7.42. The Balaban J connectivity index is 1.95. The average Bonchev–Trinajstić information content (AvgIpc) is 2.24. The molecule has 4 heteroatoms. The van der Waals surface area contributed by atoms with Gasteiger partial charge in [0.15, 0.2) is 0 Å². The van der Waals surface area contributed by atoms with Crippen LogP contribution in [0.15, 0.2) is 12.2 Å². The van der Waals surface area contributed by atoms with E-state index in [-0.39, 0.29) is 11.4 Å². The molecule has 20 heavy (non-hydrogen) atoms. The quantitative estimate of drug-likeness (QED) is 0.637. The molecule has 4 rings (SSSR count). The molecule has 0 aromatic carbocycles. The highest BCUT2D eigenvalue weighted by Gasteiger charge is 2.66. The second kappa shape index (κ2) is 3.86. The van der Waals surface area contributed by atoms with Crippen LogP contribution in [0.3, 0.4) is 0 Å². The van der Waals surface area contributed by atoms with Crippen molar-refractivity contribution in [3.63, 3.8) is 0 Å². The van der Waals surface area contributed by atoms with Gasteiger partial charge in [0.2, 0.25) is 0 Å². The van der Waals surface area contributed by atoms with Gasteiger partial charge in [-0.25, -0.2) is 4.79 Å². The third-order valence-electron chi connectivity index (χ3n) is 5.41. The van der Waals surface area contributed by atoms with Crippen molar-refractivity contribution in [2.24, 2.45) is 16.7 Å². The van der Waals surface area contributed by atoms with Crippen molar-refractivity contribution in [3.05, 3.63) is 12.2 Å². The lowest BCUT2D eigenvalue weighted by Gasteiger charge is -2.63. The minimum atomic E-state index is -0.719. The standard InChI is InChI=1S/C16H22O4/c1-10(2)12(17)20-16-6-11-4-14(3,8-16)7-15(5-11,9-16)13(18)19/h11H,1,4-9H2,2-3H3,(H,18,19). The Kier molecular flexibility index (Phi) is 2.64. The molecule has 0 saturated heterocycles. The molecule has 4 aliphatic carbocycles. The Hall–Kier alpha value is -1.32. The zero-order valence-electron chi connectivity index (χ0n) is 12.2. The summed E-state index contributed by atoms with van der Waals surface area (Å²) < 4.78 is 5.75. The predicted molar refractivity (Wildman–Crippen MR) is 73.0 cm³/mol. The number of hydrogen-bond acceptors (Lipinski definition) is 3. The van der Waals surface area contributed by atoms with E-state index in [1.54, 1.807) is 6.92 Å². The van der Waals surface area contributed by atoms with E-state index >= 15 is 0 Å². The van der Waals surface area contributed by atoms with Crippen molar-refractivity contribution in [3.8, 4) is 0 Å². The summed E-state index contributed by atoms with van der Waals surface area (Å²) >= 11 is 0. The van der Waals surface area contributed by atoms with Crippen LogP contribution < -0.4 is 0 Å². The number of ether oxygens (including phenoxy) is 1. The topological polar surface area (TPSA) is 63.6 Å². The Morgan fingerprint density at radius 3 is 2.45 bits per heavy atom. The number of carboxylic acids is 1. The zero-order chi connectivity index (χ0) is 14.8. The molecule has 4 saturated carbocycles. The molecule has 4 nitrogen and oxygen atoms in total. The zero-order valence-corrected chi connectivity index (χ0v) is 12.2. The minimum Gasteiger partial charge on any atom is -0.481 e. The molecule has 4 unspecified atom stereocenters. The molecule has 0 spiro atoms. The highest BCUT2D eigenvalue weighted by Crippen LogP contribution is 2.67. The summed E-state index contributed by atoms with van der Waals surface area (Å²) in [6.07, 6.45) is 4.61. The van der Waals surface area contributed by atoms with Gasteiger partial charge < -0.3 is 9.84 Å². The van der Waals surface area contributed by atoms with Crippen molar-refractivity contribution < 1.29 is 19.4 Å². The maximum Gasteiger partial charge on any atom is 0.333 e. The number of esters is 1. The van der Waals surface area contributed by atoms with Crippen molar-refractivity contribution in [1.29, 1.82) is 0 Å². The second-order valence-electron chi connectivity index (χ2n) is 7.76. The molecule has 110 valence electrons. The first-order valence-corrected chi connectivity index (χ1v) is 7.30. The number of rotatable bonds is 3. The Morgan fingerprint density at radius 1 is 1.20 bits per heavy atom. The summed E-state index contributed by atoms with van der Waals surface area (Å²) in [5.41, 5.74) is -0.894. The van der Waals surface area contributed by atoms with Crippen LogP contribution >= 0.6 is 0 Å². The predicted octanol–water partition coefficient (Wildman–Crippen LogP) is 2.92. The van der Waals surface area contributed by atoms with Gasteiger partial charge in [-0.1, -0.05) is 13.5 Å². The molecule has 0 aromatic heterocycles. The number of carbonyl (C=O) groups is 2. The molecule has 1 N–H and O–H groups in total. The first-order valence-electron chi connectivity index (χ1n) is 7.30. The summed E-state index contributed by atoms with van der Waals surface area (Å²) in [4.78, 5) is 23.7. The largest absolute Gasteiger partial charge is 0.481 e. The average molecular weight is 278 g/mol. The minimum absolute atomic E-state index is 0.00678. The van der Waals surface area contributed by atoms with Crippen LogP contribution in [0.5, 0.6) is 0 Å². The van der Waals surface area contributed by atoms with Crippen molar-refractivity contribution in [1.82, 2.24) is 0 Å². The van der Waals surface area contributed by atoms with Crippen LogP contribution in [0.25, 0.3) is 0 Å². The van der Waals surface area contributed by atoms with E-state index in [1.165, 1.54) is 0 Å². The molecule has 4 atom stereocenters. The van der Waals surface area contributed by atoms with Gasteiger partial charge in [-0.2, -0.15) is 0 Å². The van der Waals surface area contributed by atoms with E-state index in [0.717, 1.165) is 32.1 Å². The van der Waals surface area contributed by atoms with E-state index in [2.05, 4.69) is 13.5 Å². The Labute approximate surface area is 119 Å². The van der Waals surface area contributed by atoms with Crippen LogP contribution in [0.2, 0.25) is 0 Å².